The van der Waals surface area contributed by atoms with E-state index in [1.165, 1.54) is 12.0 Å². The van der Waals surface area contributed by atoms with Crippen LogP contribution < -0.4 is 5.32 Å². The van der Waals surface area contributed by atoms with Crippen molar-refractivity contribution in [2.75, 3.05) is 13.6 Å². The third-order valence-corrected chi connectivity index (χ3v) is 3.62. The highest BCUT2D eigenvalue weighted by Crippen LogP contribution is 2.54. The first-order chi connectivity index (χ1) is 6.68. The van der Waals surface area contributed by atoms with Gasteiger partial charge in [0, 0.05) is 0 Å². The normalized spacial score (nSPS) is 30.4. The van der Waals surface area contributed by atoms with E-state index in [-0.39, 0.29) is 0 Å². The molecule has 1 fully saturated rings. The fourth-order valence-electron chi connectivity index (χ4n) is 2.54. The fraction of sp³-hybridized carbons (Fsp3) is 0.538. The minimum Gasteiger partial charge on any atom is -0.319 e. The van der Waals surface area contributed by atoms with E-state index in [9.17, 15) is 0 Å². The Balaban J connectivity index is 2.21. The molecule has 0 heterocycles. The van der Waals surface area contributed by atoms with Gasteiger partial charge < -0.3 is 5.32 Å². The predicted molar refractivity (Wildman–Crippen MR) is 60.6 cm³/mol. The van der Waals surface area contributed by atoms with Gasteiger partial charge in [-0.3, -0.25) is 0 Å². The molecule has 1 N–H and O–H groups in total. The Morgan fingerprint density at radius 1 is 1.43 bits per heavy atom. The maximum Gasteiger partial charge on any atom is -0.00148 e. The van der Waals surface area contributed by atoms with Crippen LogP contribution in [0.3, 0.4) is 0 Å². The van der Waals surface area contributed by atoms with Crippen LogP contribution in [-0.4, -0.2) is 13.6 Å². The summed E-state index contributed by atoms with van der Waals surface area (Å²) in [6.45, 7) is 5.75. The predicted octanol–water partition coefficient (Wildman–Crippen LogP) is 2.49. The maximum atomic E-state index is 3.27. The number of hydrogen-bond acceptors (Lipinski definition) is 1. The van der Waals surface area contributed by atoms with Crippen molar-refractivity contribution in [2.24, 2.45) is 5.92 Å². The van der Waals surface area contributed by atoms with Crippen LogP contribution in [0.15, 0.2) is 24.3 Å². The Morgan fingerprint density at radius 2 is 2.14 bits per heavy atom. The molecule has 1 aromatic rings. The molecule has 1 nitrogen and oxygen atoms in total. The minimum absolute atomic E-state index is 0.439. The summed E-state index contributed by atoms with van der Waals surface area (Å²) >= 11 is 0. The average Bonchev–Trinajstić information content (AvgIpc) is 2.79. The van der Waals surface area contributed by atoms with E-state index in [2.05, 4.69) is 43.4 Å². The summed E-state index contributed by atoms with van der Waals surface area (Å²) in [5.74, 6) is 0.827. The van der Waals surface area contributed by atoms with Crippen LogP contribution in [0.5, 0.6) is 0 Å². The van der Waals surface area contributed by atoms with Crippen LogP contribution in [-0.2, 0) is 5.41 Å². The number of nitrogens with one attached hydrogen (secondary N) is 1. The van der Waals surface area contributed by atoms with E-state index in [1.54, 1.807) is 5.56 Å². The van der Waals surface area contributed by atoms with E-state index in [4.69, 9.17) is 0 Å². The van der Waals surface area contributed by atoms with Gasteiger partial charge >= 0.3 is 0 Å². The van der Waals surface area contributed by atoms with Crippen molar-refractivity contribution < 1.29 is 0 Å². The second-order valence-electron chi connectivity index (χ2n) is 4.69. The molecular formula is C13H19N. The van der Waals surface area contributed by atoms with Gasteiger partial charge in [-0.05, 0) is 49.4 Å². The van der Waals surface area contributed by atoms with Gasteiger partial charge in [-0.1, -0.05) is 31.2 Å². The molecule has 14 heavy (non-hydrogen) atoms. The maximum absolute atomic E-state index is 3.27. The Kier molecular flexibility index (Phi) is 2.36. The molecular weight excluding hydrogens is 170 g/mol. The summed E-state index contributed by atoms with van der Waals surface area (Å²) in [5.41, 5.74) is 3.42. The minimum atomic E-state index is 0.439. The zero-order chi connectivity index (χ0) is 10.2. The highest BCUT2D eigenvalue weighted by Gasteiger charge is 2.50. The molecule has 76 valence electrons. The van der Waals surface area contributed by atoms with Crippen LogP contribution in [0, 0.1) is 12.8 Å². The van der Waals surface area contributed by atoms with Gasteiger partial charge in [-0.25, -0.2) is 0 Å². The summed E-state index contributed by atoms with van der Waals surface area (Å²) in [6.07, 6.45) is 1.33. The van der Waals surface area contributed by atoms with Crippen molar-refractivity contribution in [1.82, 2.24) is 5.32 Å². The molecule has 1 heteroatoms. The molecule has 0 aliphatic heterocycles. The number of hydrogen-bond donors (Lipinski definition) is 1. The third kappa shape index (κ3) is 1.46. The van der Waals surface area contributed by atoms with Crippen LogP contribution in [0.4, 0.5) is 0 Å². The van der Waals surface area contributed by atoms with E-state index in [0.717, 1.165) is 12.5 Å². The van der Waals surface area contributed by atoms with Crippen molar-refractivity contribution in [2.45, 2.75) is 25.7 Å². The fourth-order valence-corrected chi connectivity index (χ4v) is 2.54. The van der Waals surface area contributed by atoms with Crippen LogP contribution in [0.2, 0.25) is 0 Å². The van der Waals surface area contributed by atoms with Crippen LogP contribution in [0.1, 0.15) is 24.5 Å². The highest BCUT2D eigenvalue weighted by molar-refractivity contribution is 5.38. The number of rotatable bonds is 3. The molecule has 1 saturated carbocycles. The first kappa shape index (κ1) is 9.72. The molecule has 0 aromatic heterocycles. The Bertz CT molecular complexity index is 332. The lowest BCUT2D eigenvalue weighted by atomic mass is 9.91. The van der Waals surface area contributed by atoms with Crippen molar-refractivity contribution in [3.05, 3.63) is 35.4 Å². The van der Waals surface area contributed by atoms with E-state index in [1.807, 2.05) is 7.05 Å². The van der Waals surface area contributed by atoms with Crippen LogP contribution in [0.25, 0.3) is 0 Å². The summed E-state index contributed by atoms with van der Waals surface area (Å²) in [4.78, 5) is 0. The molecule has 1 aromatic carbocycles. The van der Waals surface area contributed by atoms with Gasteiger partial charge in [0.2, 0.25) is 0 Å². The average molecular weight is 189 g/mol. The van der Waals surface area contributed by atoms with Crippen molar-refractivity contribution in [3.63, 3.8) is 0 Å². The lowest BCUT2D eigenvalue weighted by Gasteiger charge is -2.14. The number of benzene rings is 1. The molecule has 0 bridgehead atoms. The Labute approximate surface area is 86.5 Å². The highest BCUT2D eigenvalue weighted by atomic mass is 14.8. The third-order valence-electron chi connectivity index (χ3n) is 3.62. The van der Waals surface area contributed by atoms with Gasteiger partial charge in [0.1, 0.15) is 0 Å². The number of aryl methyl sites for hydroxylation is 1. The van der Waals surface area contributed by atoms with E-state index < -0.39 is 0 Å². The lowest BCUT2D eigenvalue weighted by Crippen LogP contribution is -2.16. The Hall–Kier alpha value is -0.820. The van der Waals surface area contributed by atoms with Crippen molar-refractivity contribution in [3.8, 4) is 0 Å². The molecule has 0 amide bonds. The summed E-state index contributed by atoms with van der Waals surface area (Å²) in [7, 11) is 2.04. The molecule has 2 rings (SSSR count). The van der Waals surface area contributed by atoms with Crippen molar-refractivity contribution in [1.29, 1.82) is 0 Å². The standard InChI is InChI=1S/C13H19N/c1-10-6-4-5-7-12(10)13(2)8-11(13)9-14-3/h4-7,11,14H,8-9H2,1-3H3/t11-,13+/m0/s1. The van der Waals surface area contributed by atoms with Crippen molar-refractivity contribution >= 4 is 0 Å². The second kappa shape index (κ2) is 3.39. The quantitative estimate of drug-likeness (QED) is 0.770. The van der Waals surface area contributed by atoms with E-state index >= 15 is 0 Å². The second-order valence-corrected chi connectivity index (χ2v) is 4.69. The monoisotopic (exact) mass is 189 g/mol. The molecule has 0 saturated heterocycles. The molecule has 1 aliphatic rings. The topological polar surface area (TPSA) is 12.0 Å². The molecule has 2 atom stereocenters. The Morgan fingerprint density at radius 3 is 2.79 bits per heavy atom. The lowest BCUT2D eigenvalue weighted by molar-refractivity contribution is 0.615. The SMILES string of the molecule is CNC[C@@H]1C[C@@]1(C)c1ccccc1C. The zero-order valence-electron chi connectivity index (χ0n) is 9.30. The van der Waals surface area contributed by atoms with E-state index in [0.29, 0.717) is 5.41 Å². The van der Waals surface area contributed by atoms with Crippen LogP contribution >= 0.6 is 0 Å². The van der Waals surface area contributed by atoms with Gasteiger partial charge in [0.25, 0.3) is 0 Å². The summed E-state index contributed by atoms with van der Waals surface area (Å²) in [5, 5.41) is 3.27. The first-order valence-electron chi connectivity index (χ1n) is 5.39. The zero-order valence-corrected chi connectivity index (χ0v) is 9.30. The van der Waals surface area contributed by atoms with Gasteiger partial charge in [-0.2, -0.15) is 0 Å². The smallest absolute Gasteiger partial charge is 0.00148 e. The summed E-state index contributed by atoms with van der Waals surface area (Å²) < 4.78 is 0. The molecule has 0 spiro atoms. The molecule has 0 unspecified atom stereocenters. The largest absolute Gasteiger partial charge is 0.319 e. The molecule has 1 aliphatic carbocycles. The van der Waals surface area contributed by atoms with Gasteiger partial charge in [0.15, 0.2) is 0 Å². The first-order valence-corrected chi connectivity index (χ1v) is 5.39. The van der Waals surface area contributed by atoms with Gasteiger partial charge in [-0.15, -0.1) is 0 Å². The molecule has 0 radical (unpaired) electrons. The summed E-state index contributed by atoms with van der Waals surface area (Å²) in [6, 6.07) is 8.78. The van der Waals surface area contributed by atoms with Gasteiger partial charge in [0.05, 0.1) is 0 Å².